The van der Waals surface area contributed by atoms with Crippen molar-refractivity contribution in [1.29, 1.82) is 0 Å². The minimum absolute atomic E-state index is 0.134. The minimum atomic E-state index is -0.946. The number of esters is 1. The highest BCUT2D eigenvalue weighted by Crippen LogP contribution is 2.32. The Balaban J connectivity index is 1.52. The summed E-state index contributed by atoms with van der Waals surface area (Å²) in [6.07, 6.45) is -0.946. The maximum absolute atomic E-state index is 13.3. The third-order valence-electron chi connectivity index (χ3n) is 5.94. The molecule has 1 heterocycles. The smallest absolute Gasteiger partial charge is 0.407 e. The van der Waals surface area contributed by atoms with Crippen molar-refractivity contribution in [2.45, 2.75) is 19.6 Å². The molecule has 34 heavy (non-hydrogen) atoms. The number of hydrogen-bond donors (Lipinski definition) is 2. The zero-order valence-corrected chi connectivity index (χ0v) is 18.9. The van der Waals surface area contributed by atoms with Gasteiger partial charge in [0.15, 0.2) is 0 Å². The molecule has 2 amide bonds. The summed E-state index contributed by atoms with van der Waals surface area (Å²) in [6, 6.07) is 19.9. The van der Waals surface area contributed by atoms with E-state index in [0.717, 1.165) is 22.0 Å². The molecular formula is C26H27N3O5. The first-order valence-electron chi connectivity index (χ1n) is 11.2. The van der Waals surface area contributed by atoms with Crippen LogP contribution in [0.2, 0.25) is 0 Å². The summed E-state index contributed by atoms with van der Waals surface area (Å²) >= 11 is 0. The van der Waals surface area contributed by atoms with E-state index in [1.54, 1.807) is 13.0 Å². The van der Waals surface area contributed by atoms with Gasteiger partial charge in [-0.2, -0.15) is 0 Å². The van der Waals surface area contributed by atoms with Crippen molar-refractivity contribution < 1.29 is 24.2 Å². The van der Waals surface area contributed by atoms with Gasteiger partial charge >= 0.3 is 12.1 Å². The topological polar surface area (TPSA) is 99.2 Å². The summed E-state index contributed by atoms with van der Waals surface area (Å²) in [6.45, 7) is 3.36. The quantitative estimate of drug-likeness (QED) is 0.545. The normalized spacial score (nSPS) is 14.5. The van der Waals surface area contributed by atoms with Crippen LogP contribution < -0.4 is 10.2 Å². The average Bonchev–Trinajstić information content (AvgIpc) is 2.87. The maximum atomic E-state index is 13.3. The summed E-state index contributed by atoms with van der Waals surface area (Å²) < 4.78 is 5.35. The molecule has 1 saturated heterocycles. The number of carbonyl (C=O) groups excluding carboxylic acids is 2. The lowest BCUT2D eigenvalue weighted by Gasteiger charge is -2.36. The molecule has 0 unspecified atom stereocenters. The highest BCUT2D eigenvalue weighted by molar-refractivity contribution is 6.09. The summed E-state index contributed by atoms with van der Waals surface area (Å²) in [5, 5.41) is 13.9. The first-order chi connectivity index (χ1) is 16.4. The number of fused-ring (bicyclic) bond motifs is 1. The number of ether oxygens (including phenoxy) is 1. The molecule has 1 atom stereocenters. The van der Waals surface area contributed by atoms with Crippen LogP contribution in [-0.2, 0) is 16.1 Å². The van der Waals surface area contributed by atoms with E-state index >= 15 is 0 Å². The summed E-state index contributed by atoms with van der Waals surface area (Å²) in [5.74, 6) is -0.903. The van der Waals surface area contributed by atoms with Crippen molar-refractivity contribution in [2.24, 2.45) is 0 Å². The Labute approximate surface area is 197 Å². The predicted molar refractivity (Wildman–Crippen MR) is 129 cm³/mol. The van der Waals surface area contributed by atoms with E-state index in [2.05, 4.69) is 5.32 Å². The van der Waals surface area contributed by atoms with Gasteiger partial charge in [0, 0.05) is 31.6 Å². The van der Waals surface area contributed by atoms with Gasteiger partial charge in [0.1, 0.15) is 12.6 Å². The van der Waals surface area contributed by atoms with Gasteiger partial charge in [0.05, 0.1) is 11.3 Å². The lowest BCUT2D eigenvalue weighted by molar-refractivity contribution is -0.146. The highest BCUT2D eigenvalue weighted by Gasteiger charge is 2.27. The molecule has 0 spiro atoms. The second-order valence-electron chi connectivity index (χ2n) is 8.23. The van der Waals surface area contributed by atoms with E-state index in [1.165, 1.54) is 4.90 Å². The SMILES string of the molecule is C[C@H](NC(=O)c1ccc2ccccc2c1N1CCN(C(=O)O)CC1)C(=O)OCc1ccccc1. The number of amides is 2. The second kappa shape index (κ2) is 10.2. The lowest BCUT2D eigenvalue weighted by Crippen LogP contribution is -2.49. The standard InChI is InChI=1S/C26H27N3O5/c1-18(25(31)34-17-19-7-3-2-4-8-19)27-24(30)22-12-11-20-9-5-6-10-21(20)23(22)28-13-15-29(16-14-28)26(32)33/h2-12,18H,13-17H2,1H3,(H,27,30)(H,32,33)/t18-/m0/s1. The van der Waals surface area contributed by atoms with E-state index in [0.29, 0.717) is 31.7 Å². The zero-order chi connectivity index (χ0) is 24.1. The Bertz CT molecular complexity index is 1190. The molecule has 0 saturated carbocycles. The fraction of sp³-hybridized carbons (Fsp3) is 0.269. The number of piperazine rings is 1. The van der Waals surface area contributed by atoms with Crippen molar-refractivity contribution in [3.05, 3.63) is 77.9 Å². The first kappa shape index (κ1) is 23.1. The van der Waals surface area contributed by atoms with Crippen LogP contribution in [0, 0.1) is 0 Å². The van der Waals surface area contributed by atoms with Crippen LogP contribution in [0.1, 0.15) is 22.8 Å². The van der Waals surface area contributed by atoms with Gasteiger partial charge in [-0.1, -0.05) is 60.7 Å². The number of carboxylic acid groups (broad SMARTS) is 1. The molecular weight excluding hydrogens is 434 g/mol. The molecule has 2 N–H and O–H groups in total. The van der Waals surface area contributed by atoms with E-state index in [-0.39, 0.29) is 12.5 Å². The number of nitrogens with zero attached hydrogens (tertiary/aromatic N) is 2. The van der Waals surface area contributed by atoms with Crippen molar-refractivity contribution in [2.75, 3.05) is 31.1 Å². The van der Waals surface area contributed by atoms with Gasteiger partial charge in [-0.25, -0.2) is 9.59 Å². The van der Waals surface area contributed by atoms with E-state index in [1.807, 2.05) is 65.6 Å². The fourth-order valence-corrected chi connectivity index (χ4v) is 4.09. The average molecular weight is 462 g/mol. The molecule has 4 rings (SSSR count). The number of carbonyl (C=O) groups is 3. The molecule has 0 aromatic heterocycles. The van der Waals surface area contributed by atoms with Crippen LogP contribution in [0.25, 0.3) is 10.8 Å². The second-order valence-corrected chi connectivity index (χ2v) is 8.23. The van der Waals surface area contributed by atoms with E-state index in [9.17, 15) is 19.5 Å². The van der Waals surface area contributed by atoms with Gasteiger partial charge in [0.25, 0.3) is 5.91 Å². The largest absolute Gasteiger partial charge is 0.465 e. The highest BCUT2D eigenvalue weighted by atomic mass is 16.5. The van der Waals surface area contributed by atoms with E-state index in [4.69, 9.17) is 4.74 Å². The molecule has 0 bridgehead atoms. The van der Waals surface area contributed by atoms with Crippen molar-refractivity contribution in [3.63, 3.8) is 0 Å². The molecule has 8 heteroatoms. The van der Waals surface area contributed by atoms with Crippen LogP contribution in [0.4, 0.5) is 10.5 Å². The monoisotopic (exact) mass is 461 g/mol. The van der Waals surface area contributed by atoms with Crippen molar-refractivity contribution >= 4 is 34.4 Å². The number of benzene rings is 3. The van der Waals surface area contributed by atoms with Crippen LogP contribution in [0.5, 0.6) is 0 Å². The van der Waals surface area contributed by atoms with Gasteiger partial charge in [-0.15, -0.1) is 0 Å². The van der Waals surface area contributed by atoms with E-state index < -0.39 is 18.1 Å². The number of rotatable bonds is 6. The first-order valence-corrected chi connectivity index (χ1v) is 11.2. The molecule has 0 radical (unpaired) electrons. The molecule has 176 valence electrons. The number of nitrogens with one attached hydrogen (secondary N) is 1. The number of anilines is 1. The Morgan fingerprint density at radius 2 is 1.62 bits per heavy atom. The third-order valence-corrected chi connectivity index (χ3v) is 5.94. The summed E-state index contributed by atoms with van der Waals surface area (Å²) in [4.78, 5) is 40.5. The Morgan fingerprint density at radius 1 is 0.941 bits per heavy atom. The van der Waals surface area contributed by atoms with Gasteiger partial charge in [-0.3, -0.25) is 4.79 Å². The summed E-state index contributed by atoms with van der Waals surface area (Å²) in [7, 11) is 0. The molecule has 1 aliphatic rings. The molecule has 1 fully saturated rings. The third kappa shape index (κ3) is 5.11. The zero-order valence-electron chi connectivity index (χ0n) is 18.9. The maximum Gasteiger partial charge on any atom is 0.407 e. The molecule has 0 aliphatic carbocycles. The molecule has 1 aliphatic heterocycles. The van der Waals surface area contributed by atoms with Crippen LogP contribution in [0.3, 0.4) is 0 Å². The molecule has 3 aromatic carbocycles. The Kier molecular flexibility index (Phi) is 6.96. The lowest BCUT2D eigenvalue weighted by atomic mass is 10.0. The van der Waals surface area contributed by atoms with Crippen molar-refractivity contribution in [1.82, 2.24) is 10.2 Å². The summed E-state index contributed by atoms with van der Waals surface area (Å²) in [5.41, 5.74) is 2.04. The molecule has 3 aromatic rings. The Morgan fingerprint density at radius 3 is 2.32 bits per heavy atom. The van der Waals surface area contributed by atoms with Crippen LogP contribution >= 0.6 is 0 Å². The minimum Gasteiger partial charge on any atom is -0.465 e. The Hall–Kier alpha value is -4.07. The predicted octanol–water partition coefficient (Wildman–Crippen LogP) is 3.50. The van der Waals surface area contributed by atoms with Crippen LogP contribution in [0.15, 0.2) is 66.7 Å². The van der Waals surface area contributed by atoms with Gasteiger partial charge in [-0.05, 0) is 23.9 Å². The van der Waals surface area contributed by atoms with Gasteiger partial charge in [0.2, 0.25) is 0 Å². The van der Waals surface area contributed by atoms with Crippen LogP contribution in [-0.4, -0.2) is 60.2 Å². The fourth-order valence-electron chi connectivity index (χ4n) is 4.09. The van der Waals surface area contributed by atoms with Crippen molar-refractivity contribution in [3.8, 4) is 0 Å². The number of hydrogen-bond acceptors (Lipinski definition) is 5. The molecule has 8 nitrogen and oxygen atoms in total. The van der Waals surface area contributed by atoms with Gasteiger partial charge < -0.3 is 25.0 Å².